The number of benzene rings is 1. The van der Waals surface area contributed by atoms with E-state index < -0.39 is 4.92 Å². The normalized spacial score (nSPS) is 14.2. The van der Waals surface area contributed by atoms with Crippen LogP contribution in [-0.2, 0) is 4.74 Å². The number of aryl methyl sites for hydroxylation is 1. The van der Waals surface area contributed by atoms with Gasteiger partial charge in [0.2, 0.25) is 11.8 Å². The van der Waals surface area contributed by atoms with Crippen LogP contribution in [0.5, 0.6) is 5.75 Å². The molecule has 0 atom stereocenters. The number of morpholine rings is 1. The molecule has 1 aromatic carbocycles. The Morgan fingerprint density at radius 1 is 1.24 bits per heavy atom. The number of rotatable bonds is 5. The second-order valence-corrected chi connectivity index (χ2v) is 5.52. The Labute approximate surface area is 144 Å². The summed E-state index contributed by atoms with van der Waals surface area (Å²) in [6.45, 7) is 4.09. The number of nitrogens with one attached hydrogen (secondary N) is 1. The van der Waals surface area contributed by atoms with E-state index in [1.807, 2.05) is 4.90 Å². The molecule has 2 heterocycles. The van der Waals surface area contributed by atoms with Gasteiger partial charge in [-0.2, -0.15) is 4.98 Å². The Kier molecular flexibility index (Phi) is 4.94. The minimum Gasteiger partial charge on any atom is -0.497 e. The van der Waals surface area contributed by atoms with E-state index in [2.05, 4.69) is 15.3 Å². The minimum atomic E-state index is -0.468. The lowest BCUT2D eigenvalue weighted by molar-refractivity contribution is -0.385. The third-order valence-corrected chi connectivity index (χ3v) is 3.88. The highest BCUT2D eigenvalue weighted by molar-refractivity contribution is 5.68. The molecule has 0 unspecified atom stereocenters. The van der Waals surface area contributed by atoms with Crippen molar-refractivity contribution in [1.82, 2.24) is 9.97 Å². The van der Waals surface area contributed by atoms with Crippen molar-refractivity contribution in [3.63, 3.8) is 0 Å². The highest BCUT2D eigenvalue weighted by atomic mass is 16.6. The molecule has 1 N–H and O–H groups in total. The molecule has 0 spiro atoms. The molecule has 0 bridgehead atoms. The summed E-state index contributed by atoms with van der Waals surface area (Å²) in [4.78, 5) is 21.6. The van der Waals surface area contributed by atoms with Crippen LogP contribution < -0.4 is 15.0 Å². The van der Waals surface area contributed by atoms with Crippen LogP contribution in [0.1, 0.15) is 5.69 Å². The maximum Gasteiger partial charge on any atom is 0.332 e. The van der Waals surface area contributed by atoms with E-state index in [1.165, 1.54) is 0 Å². The Morgan fingerprint density at radius 3 is 2.52 bits per heavy atom. The molecule has 1 aliphatic heterocycles. The third kappa shape index (κ3) is 3.77. The van der Waals surface area contributed by atoms with Crippen molar-refractivity contribution in [2.24, 2.45) is 0 Å². The quantitative estimate of drug-likeness (QED) is 0.650. The molecule has 0 saturated carbocycles. The zero-order valence-corrected chi connectivity index (χ0v) is 14.1. The summed E-state index contributed by atoms with van der Waals surface area (Å²) >= 11 is 0. The fourth-order valence-corrected chi connectivity index (χ4v) is 2.57. The molecule has 0 aliphatic carbocycles. The van der Waals surface area contributed by atoms with Crippen LogP contribution in [0.2, 0.25) is 0 Å². The molecule has 1 aliphatic rings. The van der Waals surface area contributed by atoms with E-state index in [9.17, 15) is 10.1 Å². The molecular weight excluding hydrogens is 326 g/mol. The van der Waals surface area contributed by atoms with Gasteiger partial charge in [0.05, 0.1) is 25.2 Å². The Bertz CT molecular complexity index is 760. The standard InChI is InChI=1S/C16H19N5O4/c1-11-14(21(22)23)15(18-12-3-5-13(24-2)6-4-12)19-16(17-11)20-7-9-25-10-8-20/h3-6H,7-10H2,1-2H3,(H,17,18,19). The van der Waals surface area contributed by atoms with Crippen molar-refractivity contribution in [2.75, 3.05) is 43.6 Å². The molecular formula is C16H19N5O4. The first-order valence-electron chi connectivity index (χ1n) is 7.85. The van der Waals surface area contributed by atoms with E-state index in [1.54, 1.807) is 38.3 Å². The fourth-order valence-electron chi connectivity index (χ4n) is 2.57. The van der Waals surface area contributed by atoms with Gasteiger partial charge in [-0.15, -0.1) is 0 Å². The van der Waals surface area contributed by atoms with Gasteiger partial charge >= 0.3 is 5.69 Å². The van der Waals surface area contributed by atoms with Gasteiger partial charge in [0.15, 0.2) is 0 Å². The van der Waals surface area contributed by atoms with Crippen molar-refractivity contribution in [3.8, 4) is 5.75 Å². The summed E-state index contributed by atoms with van der Waals surface area (Å²) in [6, 6.07) is 7.08. The van der Waals surface area contributed by atoms with E-state index in [-0.39, 0.29) is 11.5 Å². The van der Waals surface area contributed by atoms with Gasteiger partial charge in [0.1, 0.15) is 11.4 Å². The summed E-state index contributed by atoms with van der Waals surface area (Å²) < 4.78 is 10.4. The van der Waals surface area contributed by atoms with Gasteiger partial charge in [-0.25, -0.2) is 4.98 Å². The van der Waals surface area contributed by atoms with Gasteiger partial charge in [0.25, 0.3) is 0 Å². The maximum atomic E-state index is 11.5. The lowest BCUT2D eigenvalue weighted by Gasteiger charge is -2.27. The van der Waals surface area contributed by atoms with Crippen LogP contribution in [0.15, 0.2) is 24.3 Å². The number of ether oxygens (including phenoxy) is 2. The molecule has 1 saturated heterocycles. The molecule has 1 aromatic heterocycles. The van der Waals surface area contributed by atoms with Gasteiger partial charge in [-0.3, -0.25) is 10.1 Å². The van der Waals surface area contributed by atoms with E-state index in [4.69, 9.17) is 9.47 Å². The second-order valence-electron chi connectivity index (χ2n) is 5.52. The summed E-state index contributed by atoms with van der Waals surface area (Å²) in [5, 5.41) is 14.5. The van der Waals surface area contributed by atoms with Gasteiger partial charge in [-0.05, 0) is 31.2 Å². The highest BCUT2D eigenvalue weighted by Gasteiger charge is 2.25. The molecule has 9 nitrogen and oxygen atoms in total. The Morgan fingerprint density at radius 2 is 1.92 bits per heavy atom. The molecule has 132 valence electrons. The molecule has 3 rings (SSSR count). The SMILES string of the molecule is COc1ccc(Nc2nc(N3CCOCC3)nc(C)c2[N+](=O)[O-])cc1. The molecule has 0 radical (unpaired) electrons. The van der Waals surface area contributed by atoms with Gasteiger partial charge < -0.3 is 19.7 Å². The Hall–Kier alpha value is -2.94. The van der Waals surface area contributed by atoms with E-state index in [0.717, 1.165) is 0 Å². The highest BCUT2D eigenvalue weighted by Crippen LogP contribution is 2.30. The summed E-state index contributed by atoms with van der Waals surface area (Å²) in [5.74, 6) is 1.33. The van der Waals surface area contributed by atoms with Crippen LogP contribution in [-0.4, -0.2) is 48.3 Å². The average molecular weight is 345 g/mol. The predicted molar refractivity (Wildman–Crippen MR) is 92.7 cm³/mol. The summed E-state index contributed by atoms with van der Waals surface area (Å²) in [5.41, 5.74) is 0.861. The van der Waals surface area contributed by atoms with Crippen LogP contribution in [0.3, 0.4) is 0 Å². The van der Waals surface area contributed by atoms with Crippen molar-refractivity contribution in [3.05, 3.63) is 40.1 Å². The molecule has 9 heteroatoms. The third-order valence-electron chi connectivity index (χ3n) is 3.88. The van der Waals surface area contributed by atoms with Crippen LogP contribution in [0.25, 0.3) is 0 Å². The molecule has 0 amide bonds. The topological polar surface area (TPSA) is 103 Å². The number of hydrogen-bond acceptors (Lipinski definition) is 8. The Balaban J connectivity index is 1.95. The zero-order chi connectivity index (χ0) is 17.8. The van der Waals surface area contributed by atoms with E-state index >= 15 is 0 Å². The number of nitrogens with zero attached hydrogens (tertiary/aromatic N) is 4. The second kappa shape index (κ2) is 7.31. The smallest absolute Gasteiger partial charge is 0.332 e. The number of nitro groups is 1. The maximum absolute atomic E-state index is 11.5. The first-order valence-corrected chi connectivity index (χ1v) is 7.85. The summed E-state index contributed by atoms with van der Waals surface area (Å²) in [7, 11) is 1.58. The lowest BCUT2D eigenvalue weighted by Crippen LogP contribution is -2.37. The number of hydrogen-bond donors (Lipinski definition) is 1. The lowest BCUT2D eigenvalue weighted by atomic mass is 10.3. The van der Waals surface area contributed by atoms with Crippen LogP contribution >= 0.6 is 0 Å². The van der Waals surface area contributed by atoms with Crippen LogP contribution in [0, 0.1) is 17.0 Å². The van der Waals surface area contributed by atoms with Crippen molar-refractivity contribution >= 4 is 23.1 Å². The molecule has 25 heavy (non-hydrogen) atoms. The van der Waals surface area contributed by atoms with E-state index in [0.29, 0.717) is 49.4 Å². The monoisotopic (exact) mass is 345 g/mol. The molecule has 2 aromatic rings. The number of aromatic nitrogens is 2. The largest absolute Gasteiger partial charge is 0.497 e. The van der Waals surface area contributed by atoms with Crippen molar-refractivity contribution in [1.29, 1.82) is 0 Å². The fraction of sp³-hybridized carbons (Fsp3) is 0.375. The first-order chi connectivity index (χ1) is 12.1. The molecule has 1 fully saturated rings. The van der Waals surface area contributed by atoms with Crippen molar-refractivity contribution in [2.45, 2.75) is 6.92 Å². The average Bonchev–Trinajstić information content (AvgIpc) is 2.62. The predicted octanol–water partition coefficient (Wildman–Crippen LogP) is 2.28. The minimum absolute atomic E-state index is 0.132. The number of methoxy groups -OCH3 is 1. The van der Waals surface area contributed by atoms with Gasteiger partial charge in [0, 0.05) is 18.8 Å². The van der Waals surface area contributed by atoms with Gasteiger partial charge in [-0.1, -0.05) is 0 Å². The number of anilines is 3. The van der Waals surface area contributed by atoms with Crippen molar-refractivity contribution < 1.29 is 14.4 Å². The first kappa shape index (κ1) is 16.9. The summed E-state index contributed by atoms with van der Waals surface area (Å²) in [6.07, 6.45) is 0. The zero-order valence-electron chi connectivity index (χ0n) is 14.1. The van der Waals surface area contributed by atoms with Crippen LogP contribution in [0.4, 0.5) is 23.1 Å².